The van der Waals surface area contributed by atoms with Crippen LogP contribution in [0.3, 0.4) is 0 Å². The molecule has 0 unspecified atom stereocenters. The smallest absolute Gasteiger partial charge is 0.143 e. The minimum Gasteiger partial charge on any atom is -0.390 e. The van der Waals surface area contributed by atoms with Crippen LogP contribution in [0.4, 0.5) is 0 Å². The molecular formula is C17H20N2O. The van der Waals surface area contributed by atoms with Gasteiger partial charge >= 0.3 is 0 Å². The van der Waals surface area contributed by atoms with Crippen molar-refractivity contribution in [3.05, 3.63) is 70.8 Å². The van der Waals surface area contributed by atoms with Crippen LogP contribution in [0.15, 0.2) is 53.7 Å². The average molecular weight is 268 g/mol. The van der Waals surface area contributed by atoms with Crippen molar-refractivity contribution in [1.82, 2.24) is 0 Å². The van der Waals surface area contributed by atoms with Crippen molar-refractivity contribution in [3.8, 4) is 0 Å². The quantitative estimate of drug-likeness (QED) is 0.513. The van der Waals surface area contributed by atoms with E-state index in [1.165, 1.54) is 11.1 Å². The Kier molecular flexibility index (Phi) is 4.77. The molecular weight excluding hydrogens is 248 g/mol. The van der Waals surface area contributed by atoms with Crippen molar-refractivity contribution in [1.29, 1.82) is 0 Å². The highest BCUT2D eigenvalue weighted by Crippen LogP contribution is 2.10. The van der Waals surface area contributed by atoms with E-state index in [0.717, 1.165) is 11.1 Å². The lowest BCUT2D eigenvalue weighted by Gasteiger charge is -2.05. The standard InChI is InChI=1S/C17H20N2O/c1-13-8-14(2)10-16(9-13)12-20-19-17(18)11-15-6-4-3-5-7-15/h3-10H,11-12H2,1-2H3,(H2,18,19). The summed E-state index contributed by atoms with van der Waals surface area (Å²) >= 11 is 0. The first-order valence-electron chi connectivity index (χ1n) is 6.69. The predicted molar refractivity (Wildman–Crippen MR) is 82.5 cm³/mol. The summed E-state index contributed by atoms with van der Waals surface area (Å²) in [4.78, 5) is 5.33. The van der Waals surface area contributed by atoms with Gasteiger partial charge in [0.2, 0.25) is 0 Å². The Morgan fingerprint density at radius 3 is 2.30 bits per heavy atom. The van der Waals surface area contributed by atoms with Crippen LogP contribution < -0.4 is 5.73 Å². The molecule has 0 saturated heterocycles. The minimum absolute atomic E-state index is 0.442. The van der Waals surface area contributed by atoms with Gasteiger partial charge in [-0.25, -0.2) is 0 Å². The summed E-state index contributed by atoms with van der Waals surface area (Å²) in [6, 6.07) is 16.3. The van der Waals surface area contributed by atoms with E-state index in [0.29, 0.717) is 18.9 Å². The molecule has 2 rings (SSSR count). The van der Waals surface area contributed by atoms with Gasteiger partial charge in [-0.2, -0.15) is 0 Å². The molecule has 0 spiro atoms. The van der Waals surface area contributed by atoms with Crippen molar-refractivity contribution >= 4 is 5.84 Å². The van der Waals surface area contributed by atoms with E-state index >= 15 is 0 Å². The highest BCUT2D eigenvalue weighted by molar-refractivity contribution is 5.82. The third kappa shape index (κ3) is 4.43. The predicted octanol–water partition coefficient (Wildman–Crippen LogP) is 3.33. The number of amidine groups is 1. The van der Waals surface area contributed by atoms with Crippen molar-refractivity contribution in [3.63, 3.8) is 0 Å². The zero-order valence-electron chi connectivity index (χ0n) is 12.0. The zero-order valence-corrected chi connectivity index (χ0v) is 12.0. The molecule has 2 aromatic carbocycles. The van der Waals surface area contributed by atoms with Gasteiger partial charge in [0.15, 0.2) is 0 Å². The van der Waals surface area contributed by atoms with Gasteiger partial charge in [-0.1, -0.05) is 64.8 Å². The van der Waals surface area contributed by atoms with Crippen molar-refractivity contribution in [2.45, 2.75) is 26.9 Å². The lowest BCUT2D eigenvalue weighted by Crippen LogP contribution is -2.15. The summed E-state index contributed by atoms with van der Waals surface area (Å²) in [5.41, 5.74) is 10.5. The highest BCUT2D eigenvalue weighted by Gasteiger charge is 1.99. The van der Waals surface area contributed by atoms with Crippen molar-refractivity contribution in [2.24, 2.45) is 10.9 Å². The Morgan fingerprint density at radius 1 is 1.00 bits per heavy atom. The number of oxime groups is 1. The van der Waals surface area contributed by atoms with Crippen LogP contribution in [0.5, 0.6) is 0 Å². The van der Waals surface area contributed by atoms with Crippen LogP contribution in [0.1, 0.15) is 22.3 Å². The molecule has 3 heteroatoms. The van der Waals surface area contributed by atoms with Crippen LogP contribution in [-0.2, 0) is 17.9 Å². The Labute approximate surface area is 120 Å². The molecule has 0 heterocycles. The number of hydrogen-bond acceptors (Lipinski definition) is 2. The first-order chi connectivity index (χ1) is 9.63. The Morgan fingerprint density at radius 2 is 1.65 bits per heavy atom. The second-order valence-electron chi connectivity index (χ2n) is 5.01. The lowest BCUT2D eigenvalue weighted by atomic mass is 10.1. The number of hydrogen-bond donors (Lipinski definition) is 1. The number of aryl methyl sites for hydroxylation is 2. The molecule has 0 fully saturated rings. The SMILES string of the molecule is Cc1cc(C)cc(CON=C(N)Cc2ccccc2)c1. The normalized spacial score (nSPS) is 11.4. The molecule has 2 N–H and O–H groups in total. The van der Waals surface area contributed by atoms with Crippen LogP contribution in [-0.4, -0.2) is 5.84 Å². The van der Waals surface area contributed by atoms with Crippen LogP contribution in [0.2, 0.25) is 0 Å². The molecule has 0 aliphatic heterocycles. The summed E-state index contributed by atoms with van der Waals surface area (Å²) < 4.78 is 0. The van der Waals surface area contributed by atoms with Gasteiger partial charge in [0.25, 0.3) is 0 Å². The average Bonchev–Trinajstić information content (AvgIpc) is 2.38. The molecule has 0 radical (unpaired) electrons. The Bertz CT molecular complexity index is 571. The van der Waals surface area contributed by atoms with E-state index < -0.39 is 0 Å². The molecule has 2 aromatic rings. The molecule has 20 heavy (non-hydrogen) atoms. The second kappa shape index (κ2) is 6.75. The van der Waals surface area contributed by atoms with Gasteiger partial charge in [0, 0.05) is 6.42 Å². The molecule has 0 bridgehead atoms. The van der Waals surface area contributed by atoms with E-state index in [4.69, 9.17) is 10.6 Å². The third-order valence-corrected chi connectivity index (χ3v) is 2.92. The molecule has 0 aliphatic carbocycles. The van der Waals surface area contributed by atoms with Crippen LogP contribution >= 0.6 is 0 Å². The maximum absolute atomic E-state index is 5.85. The monoisotopic (exact) mass is 268 g/mol. The number of benzene rings is 2. The molecule has 3 nitrogen and oxygen atoms in total. The van der Waals surface area contributed by atoms with Gasteiger partial charge in [-0.15, -0.1) is 0 Å². The summed E-state index contributed by atoms with van der Waals surface area (Å²) in [5.74, 6) is 0.487. The van der Waals surface area contributed by atoms with E-state index in [-0.39, 0.29) is 0 Å². The molecule has 0 aliphatic rings. The van der Waals surface area contributed by atoms with Crippen LogP contribution in [0.25, 0.3) is 0 Å². The maximum Gasteiger partial charge on any atom is 0.143 e. The van der Waals surface area contributed by atoms with E-state index in [1.54, 1.807) is 0 Å². The van der Waals surface area contributed by atoms with E-state index in [1.807, 2.05) is 30.3 Å². The fourth-order valence-electron chi connectivity index (χ4n) is 2.18. The largest absolute Gasteiger partial charge is 0.390 e. The molecule has 0 amide bonds. The van der Waals surface area contributed by atoms with Crippen molar-refractivity contribution in [2.75, 3.05) is 0 Å². The van der Waals surface area contributed by atoms with Gasteiger partial charge in [-0.05, 0) is 25.0 Å². The summed E-state index contributed by atoms with van der Waals surface area (Å²) in [7, 11) is 0. The summed E-state index contributed by atoms with van der Waals surface area (Å²) in [6.45, 7) is 4.59. The molecule has 104 valence electrons. The summed E-state index contributed by atoms with van der Waals surface area (Å²) in [5, 5.41) is 3.97. The number of nitrogens with zero attached hydrogens (tertiary/aromatic N) is 1. The van der Waals surface area contributed by atoms with E-state index in [2.05, 4.69) is 37.2 Å². The van der Waals surface area contributed by atoms with Gasteiger partial charge < -0.3 is 10.6 Å². The van der Waals surface area contributed by atoms with Gasteiger partial charge in [0.05, 0.1) is 0 Å². The fraction of sp³-hybridized carbons (Fsp3) is 0.235. The Hall–Kier alpha value is -2.29. The van der Waals surface area contributed by atoms with Crippen LogP contribution in [0, 0.1) is 13.8 Å². The molecule has 0 saturated carbocycles. The fourth-order valence-corrected chi connectivity index (χ4v) is 2.18. The lowest BCUT2D eigenvalue weighted by molar-refractivity contribution is 0.129. The summed E-state index contributed by atoms with van der Waals surface area (Å²) in [6.07, 6.45) is 0.605. The first-order valence-corrected chi connectivity index (χ1v) is 6.69. The first kappa shape index (κ1) is 14.1. The maximum atomic E-state index is 5.85. The number of rotatable bonds is 5. The highest BCUT2D eigenvalue weighted by atomic mass is 16.6. The van der Waals surface area contributed by atoms with Gasteiger partial charge in [-0.3, -0.25) is 0 Å². The van der Waals surface area contributed by atoms with Crippen molar-refractivity contribution < 1.29 is 4.84 Å². The Balaban J connectivity index is 1.89. The molecule has 0 atom stereocenters. The minimum atomic E-state index is 0.442. The number of nitrogens with two attached hydrogens (primary N) is 1. The zero-order chi connectivity index (χ0) is 14.4. The van der Waals surface area contributed by atoms with E-state index in [9.17, 15) is 0 Å². The van der Waals surface area contributed by atoms with Gasteiger partial charge in [0.1, 0.15) is 12.4 Å². The topological polar surface area (TPSA) is 47.6 Å². The molecule has 0 aromatic heterocycles. The second-order valence-corrected chi connectivity index (χ2v) is 5.01. The third-order valence-electron chi connectivity index (χ3n) is 2.92.